The second-order valence-electron chi connectivity index (χ2n) is 13.5. The van der Waals surface area contributed by atoms with Crippen molar-refractivity contribution < 1.29 is 43.8 Å². The van der Waals surface area contributed by atoms with Crippen LogP contribution in [0, 0.1) is 11.8 Å². The third kappa shape index (κ3) is 19.2. The fourth-order valence-electron chi connectivity index (χ4n) is 5.17. The molecule has 1 aromatic rings. The lowest BCUT2D eigenvalue weighted by Gasteiger charge is -2.28. The standard InChI is InChI=1S/C34H56N10O9/c1-18(2)13-22(30(49)41-21(11-8-12-39-34(37)38)29(48)44-25(33(52)53)16-26(35)45)42-31(50)23(14-19(3)4)43-32(51)24(40-28(47)17-27(36)46)15-20-9-6-5-7-10-20/h5-7,9-10,18-19,21-25,27,46H,8,11-17,36H2,1-4H3,(H2,35,45)(H,40,47)(H,41,49)(H,42,50)(H,43,51)(H,44,48)(H,52,53)(H4,37,38,39)/t21-,22-,23-,24-,25-,27?/m0/s1. The highest BCUT2D eigenvalue weighted by Crippen LogP contribution is 2.12. The summed E-state index contributed by atoms with van der Waals surface area (Å²) in [5.74, 6) is -6.75. The van der Waals surface area contributed by atoms with Gasteiger partial charge in [-0.2, -0.15) is 0 Å². The highest BCUT2D eigenvalue weighted by molar-refractivity contribution is 5.96. The molecule has 1 unspecified atom stereocenters. The van der Waals surface area contributed by atoms with Crippen molar-refractivity contribution in [1.82, 2.24) is 26.6 Å². The van der Waals surface area contributed by atoms with Gasteiger partial charge in [-0.25, -0.2) is 4.79 Å². The average Bonchev–Trinajstić information content (AvgIpc) is 3.03. The summed E-state index contributed by atoms with van der Waals surface area (Å²) >= 11 is 0. The van der Waals surface area contributed by atoms with E-state index in [1.807, 2.05) is 13.8 Å². The Labute approximate surface area is 308 Å². The van der Waals surface area contributed by atoms with Crippen molar-refractivity contribution in [3.8, 4) is 0 Å². The summed E-state index contributed by atoms with van der Waals surface area (Å²) in [5.41, 5.74) is 21.9. The molecule has 15 N–H and O–H groups in total. The van der Waals surface area contributed by atoms with E-state index in [4.69, 9.17) is 22.9 Å². The van der Waals surface area contributed by atoms with E-state index in [1.54, 1.807) is 44.2 Å². The van der Waals surface area contributed by atoms with Crippen molar-refractivity contribution in [2.75, 3.05) is 6.54 Å². The van der Waals surface area contributed by atoms with Crippen molar-refractivity contribution in [3.05, 3.63) is 35.9 Å². The van der Waals surface area contributed by atoms with Crippen LogP contribution in [0.2, 0.25) is 0 Å². The maximum Gasteiger partial charge on any atom is 0.326 e. The number of hydrogen-bond acceptors (Lipinski definition) is 10. The lowest BCUT2D eigenvalue weighted by molar-refractivity contribution is -0.143. The van der Waals surface area contributed by atoms with Crippen LogP contribution >= 0.6 is 0 Å². The Bertz CT molecular complexity index is 1420. The number of aliphatic hydroxyl groups excluding tert-OH is 1. The third-order valence-electron chi connectivity index (χ3n) is 7.61. The number of aliphatic imine (C=N–C) groups is 1. The fourth-order valence-corrected chi connectivity index (χ4v) is 5.17. The Balaban J connectivity index is 3.32. The molecule has 0 bridgehead atoms. The number of carbonyl (C=O) groups excluding carboxylic acids is 6. The maximum atomic E-state index is 13.8. The number of amides is 6. The van der Waals surface area contributed by atoms with E-state index in [-0.39, 0.29) is 56.4 Å². The first-order valence-corrected chi connectivity index (χ1v) is 17.3. The highest BCUT2D eigenvalue weighted by atomic mass is 16.4. The summed E-state index contributed by atoms with van der Waals surface area (Å²) in [6.45, 7) is 7.33. The molecule has 296 valence electrons. The van der Waals surface area contributed by atoms with Gasteiger partial charge in [0.1, 0.15) is 36.4 Å². The fraction of sp³-hybridized carbons (Fsp3) is 0.588. The number of nitrogens with two attached hydrogens (primary N) is 4. The molecule has 1 rings (SSSR count). The minimum absolute atomic E-state index is 0.0542. The van der Waals surface area contributed by atoms with Crippen LogP contribution in [-0.4, -0.2) is 101 Å². The van der Waals surface area contributed by atoms with Gasteiger partial charge in [-0.05, 0) is 43.1 Å². The zero-order valence-corrected chi connectivity index (χ0v) is 30.7. The summed E-state index contributed by atoms with van der Waals surface area (Å²) in [6.07, 6.45) is -2.17. The highest BCUT2D eigenvalue weighted by Gasteiger charge is 2.33. The van der Waals surface area contributed by atoms with Gasteiger partial charge in [-0.15, -0.1) is 0 Å². The first-order valence-electron chi connectivity index (χ1n) is 17.3. The first-order chi connectivity index (χ1) is 24.8. The van der Waals surface area contributed by atoms with E-state index >= 15 is 0 Å². The zero-order chi connectivity index (χ0) is 40.2. The van der Waals surface area contributed by atoms with Crippen LogP contribution in [0.3, 0.4) is 0 Å². The van der Waals surface area contributed by atoms with E-state index in [2.05, 4.69) is 31.6 Å². The molecule has 1 aromatic carbocycles. The normalized spacial score (nSPS) is 14.4. The number of aliphatic hydroxyl groups is 1. The quantitative estimate of drug-likeness (QED) is 0.0225. The monoisotopic (exact) mass is 748 g/mol. The molecule has 19 nitrogen and oxygen atoms in total. The number of primary amides is 1. The van der Waals surface area contributed by atoms with E-state index in [9.17, 15) is 43.8 Å². The predicted octanol–water partition coefficient (Wildman–Crippen LogP) is -2.57. The van der Waals surface area contributed by atoms with Crippen LogP contribution in [0.4, 0.5) is 0 Å². The number of carboxylic acids is 1. The van der Waals surface area contributed by atoms with Crippen molar-refractivity contribution in [1.29, 1.82) is 0 Å². The molecule has 19 heteroatoms. The molecule has 0 radical (unpaired) electrons. The largest absolute Gasteiger partial charge is 0.480 e. The zero-order valence-electron chi connectivity index (χ0n) is 30.7. The van der Waals surface area contributed by atoms with Gasteiger partial charge in [0.2, 0.25) is 35.4 Å². The molecule has 0 spiro atoms. The van der Waals surface area contributed by atoms with E-state index in [0.29, 0.717) is 5.56 Å². The lowest BCUT2D eigenvalue weighted by Crippen LogP contribution is -2.59. The molecule has 0 saturated heterocycles. The summed E-state index contributed by atoms with van der Waals surface area (Å²) in [6, 6.07) is 2.28. The summed E-state index contributed by atoms with van der Waals surface area (Å²) in [7, 11) is 0. The van der Waals surface area contributed by atoms with Gasteiger partial charge in [0.05, 0.1) is 12.8 Å². The molecule has 0 aliphatic rings. The summed E-state index contributed by atoms with van der Waals surface area (Å²) in [5, 5.41) is 31.7. The van der Waals surface area contributed by atoms with Gasteiger partial charge in [0, 0.05) is 13.0 Å². The van der Waals surface area contributed by atoms with Crippen LogP contribution in [0.25, 0.3) is 0 Å². The smallest absolute Gasteiger partial charge is 0.326 e. The van der Waals surface area contributed by atoms with Gasteiger partial charge in [-0.1, -0.05) is 58.0 Å². The van der Waals surface area contributed by atoms with Gasteiger partial charge < -0.3 is 59.7 Å². The number of rotatable bonds is 24. The Morgan fingerprint density at radius 2 is 1.15 bits per heavy atom. The van der Waals surface area contributed by atoms with Crippen LogP contribution in [0.1, 0.15) is 71.8 Å². The molecule has 0 fully saturated rings. The number of guanidine groups is 1. The van der Waals surface area contributed by atoms with Gasteiger partial charge in [0.25, 0.3) is 0 Å². The first kappa shape index (κ1) is 45.7. The van der Waals surface area contributed by atoms with Crippen molar-refractivity contribution in [3.63, 3.8) is 0 Å². The number of benzene rings is 1. The van der Waals surface area contributed by atoms with Crippen molar-refractivity contribution in [2.45, 2.75) is 109 Å². The molecule has 0 aliphatic heterocycles. The molecule has 6 atom stereocenters. The van der Waals surface area contributed by atoms with E-state index in [0.717, 1.165) is 0 Å². The number of hydrogen-bond donors (Lipinski definition) is 11. The molecule has 0 aliphatic carbocycles. The van der Waals surface area contributed by atoms with Crippen LogP contribution in [-0.2, 0) is 40.0 Å². The molecule has 0 saturated carbocycles. The van der Waals surface area contributed by atoms with Crippen molar-refractivity contribution >= 4 is 47.4 Å². The molecular weight excluding hydrogens is 692 g/mol. The SMILES string of the molecule is CC(C)C[C@H](NC(=O)[C@H](Cc1ccccc1)NC(=O)CC(N)O)C(=O)N[C@@H](CC(C)C)C(=O)N[C@@H](CCCN=C(N)N)C(=O)N[C@@H](CC(N)=O)C(=O)O. The molecule has 0 aromatic heterocycles. The maximum absolute atomic E-state index is 13.8. The topological polar surface area (TPSA) is 337 Å². The molecular formula is C34H56N10O9. The molecule has 53 heavy (non-hydrogen) atoms. The minimum Gasteiger partial charge on any atom is -0.480 e. The number of aliphatic carboxylic acids is 1. The Hall–Kier alpha value is -5.30. The average molecular weight is 749 g/mol. The van der Waals surface area contributed by atoms with Crippen LogP contribution in [0.15, 0.2) is 35.3 Å². The summed E-state index contributed by atoms with van der Waals surface area (Å²) < 4.78 is 0. The Morgan fingerprint density at radius 1 is 0.679 bits per heavy atom. The number of nitrogens with zero attached hydrogens (tertiary/aromatic N) is 1. The Kier molecular flexibility index (Phi) is 20.1. The summed E-state index contributed by atoms with van der Waals surface area (Å²) in [4.78, 5) is 93.9. The number of nitrogens with one attached hydrogen (secondary N) is 5. The van der Waals surface area contributed by atoms with Crippen molar-refractivity contribution in [2.24, 2.45) is 39.8 Å². The van der Waals surface area contributed by atoms with E-state index in [1.165, 1.54) is 0 Å². The van der Waals surface area contributed by atoms with Gasteiger partial charge >= 0.3 is 5.97 Å². The van der Waals surface area contributed by atoms with E-state index < -0.39 is 90.7 Å². The van der Waals surface area contributed by atoms with Gasteiger partial charge in [-0.3, -0.25) is 33.8 Å². The second-order valence-corrected chi connectivity index (χ2v) is 13.5. The predicted molar refractivity (Wildman–Crippen MR) is 195 cm³/mol. The Morgan fingerprint density at radius 3 is 1.60 bits per heavy atom. The van der Waals surface area contributed by atoms with Gasteiger partial charge in [0.15, 0.2) is 5.96 Å². The number of carbonyl (C=O) groups is 7. The minimum atomic E-state index is -1.67. The van der Waals surface area contributed by atoms with Crippen LogP contribution < -0.4 is 49.5 Å². The lowest BCUT2D eigenvalue weighted by atomic mass is 9.98. The molecule has 6 amide bonds. The third-order valence-corrected chi connectivity index (χ3v) is 7.61. The second kappa shape index (κ2) is 23.3. The molecule has 0 heterocycles. The number of carboxylic acid groups (broad SMARTS) is 1. The van der Waals surface area contributed by atoms with Crippen LogP contribution in [0.5, 0.6) is 0 Å².